The normalized spacial score (nSPS) is 18.1. The van der Waals surface area contributed by atoms with E-state index in [0.717, 1.165) is 0 Å². The largest absolute Gasteiger partial charge is 0.442 e. The first-order valence-corrected chi connectivity index (χ1v) is 12.7. The zero-order valence-electron chi connectivity index (χ0n) is 21.2. The monoisotopic (exact) mass is 550 g/mol. The van der Waals surface area contributed by atoms with Crippen molar-refractivity contribution >= 4 is 59.3 Å². The van der Waals surface area contributed by atoms with Crippen molar-refractivity contribution in [1.82, 2.24) is 15.5 Å². The molecular formula is C24H31FN6O6S. The lowest BCUT2D eigenvalue weighted by Crippen LogP contribution is -2.52. The maximum Gasteiger partial charge on any atom is 0.414 e. The van der Waals surface area contributed by atoms with E-state index in [1.807, 2.05) is 0 Å². The van der Waals surface area contributed by atoms with Gasteiger partial charge in [-0.15, -0.1) is 0 Å². The van der Waals surface area contributed by atoms with Crippen LogP contribution in [0.2, 0.25) is 0 Å². The number of anilines is 2. The Kier molecular flexibility index (Phi) is 9.66. The maximum absolute atomic E-state index is 15.0. The van der Waals surface area contributed by atoms with Crippen molar-refractivity contribution in [2.24, 2.45) is 5.92 Å². The second-order valence-electron chi connectivity index (χ2n) is 8.98. The van der Waals surface area contributed by atoms with Gasteiger partial charge < -0.3 is 30.6 Å². The van der Waals surface area contributed by atoms with Crippen LogP contribution >= 0.6 is 12.6 Å². The van der Waals surface area contributed by atoms with Crippen LogP contribution in [0.15, 0.2) is 18.2 Å². The lowest BCUT2D eigenvalue weighted by molar-refractivity contribution is -0.133. The number of nitrogens with one attached hydrogen (secondary N) is 3. The van der Waals surface area contributed by atoms with Crippen LogP contribution in [-0.2, 0) is 23.9 Å². The smallest absolute Gasteiger partial charge is 0.414 e. The maximum atomic E-state index is 15.0. The van der Waals surface area contributed by atoms with Gasteiger partial charge in [0.2, 0.25) is 17.7 Å². The minimum absolute atomic E-state index is 0.0297. The average molecular weight is 551 g/mol. The number of carbonyl (C=O) groups excluding carboxylic acids is 5. The molecule has 2 heterocycles. The summed E-state index contributed by atoms with van der Waals surface area (Å²) in [5.74, 6) is -3.31. The molecule has 38 heavy (non-hydrogen) atoms. The molecule has 1 unspecified atom stereocenters. The summed E-state index contributed by atoms with van der Waals surface area (Å²) < 4.78 is 20.2. The van der Waals surface area contributed by atoms with Crippen molar-refractivity contribution in [1.29, 1.82) is 5.41 Å². The summed E-state index contributed by atoms with van der Waals surface area (Å²) in [4.78, 5) is 64.2. The van der Waals surface area contributed by atoms with Crippen molar-refractivity contribution in [3.8, 4) is 0 Å². The number of thiol groups is 1. The highest BCUT2D eigenvalue weighted by Gasteiger charge is 2.33. The number of piperazine rings is 1. The Balaban J connectivity index is 1.52. The fourth-order valence-corrected chi connectivity index (χ4v) is 4.51. The first kappa shape index (κ1) is 28.9. The Morgan fingerprint density at radius 3 is 2.42 bits per heavy atom. The molecule has 0 bridgehead atoms. The zero-order chi connectivity index (χ0) is 28.0. The van der Waals surface area contributed by atoms with E-state index >= 15 is 4.39 Å². The van der Waals surface area contributed by atoms with Gasteiger partial charge in [0.25, 0.3) is 0 Å². The van der Waals surface area contributed by atoms with Crippen molar-refractivity contribution in [3.05, 3.63) is 24.0 Å². The molecule has 0 aliphatic carbocycles. The van der Waals surface area contributed by atoms with Crippen molar-refractivity contribution < 1.29 is 33.1 Å². The minimum atomic E-state index is -1.03. The third-order valence-corrected chi connectivity index (χ3v) is 6.67. The molecule has 14 heteroatoms. The van der Waals surface area contributed by atoms with Crippen LogP contribution in [-0.4, -0.2) is 97.9 Å². The van der Waals surface area contributed by atoms with Gasteiger partial charge in [0, 0.05) is 45.8 Å². The van der Waals surface area contributed by atoms with E-state index in [2.05, 4.69) is 23.3 Å². The second-order valence-corrected chi connectivity index (χ2v) is 9.34. The van der Waals surface area contributed by atoms with Crippen LogP contribution in [0.3, 0.4) is 0 Å². The molecule has 0 saturated carbocycles. The molecule has 12 nitrogen and oxygen atoms in total. The summed E-state index contributed by atoms with van der Waals surface area (Å²) in [5, 5.41) is 12.8. The molecule has 2 aliphatic heterocycles. The number of hydrogen-bond donors (Lipinski definition) is 4. The molecule has 2 aliphatic rings. The number of ketones is 1. The van der Waals surface area contributed by atoms with E-state index in [0.29, 0.717) is 37.6 Å². The van der Waals surface area contributed by atoms with Gasteiger partial charge in [0.1, 0.15) is 11.9 Å². The molecule has 206 valence electrons. The summed E-state index contributed by atoms with van der Waals surface area (Å²) in [6.45, 7) is 3.94. The topological polar surface area (TPSA) is 152 Å². The van der Waals surface area contributed by atoms with Gasteiger partial charge in [-0.25, -0.2) is 9.18 Å². The Morgan fingerprint density at radius 2 is 1.84 bits per heavy atom. The Labute approximate surface area is 224 Å². The molecule has 0 aromatic heterocycles. The second kappa shape index (κ2) is 12.7. The predicted molar refractivity (Wildman–Crippen MR) is 140 cm³/mol. The third kappa shape index (κ3) is 7.00. The molecule has 1 aromatic carbocycles. The highest BCUT2D eigenvalue weighted by molar-refractivity contribution is 7.80. The molecule has 0 radical (unpaired) electrons. The standard InChI is InChI=1S/C24H31FN6O6S/c1-14(32)22(26)18(13-38)23(35)28-11-21(34)30-7-5-29(6-8-30)20-4-3-16(9-19(20)25)31-12-17(37-24(31)36)10-27-15(2)33/h3-4,9,17-18,26,38H,5-8,10-13H2,1-2H3,(H,27,33)(H,28,35)/t17-,18?/m0/s1. The number of hydrogen-bond acceptors (Lipinski definition) is 9. The van der Waals surface area contributed by atoms with E-state index < -0.39 is 35.6 Å². The number of amides is 4. The van der Waals surface area contributed by atoms with Crippen LogP contribution in [0.25, 0.3) is 0 Å². The summed E-state index contributed by atoms with van der Waals surface area (Å²) in [6.07, 6.45) is -1.15. The summed E-state index contributed by atoms with van der Waals surface area (Å²) in [7, 11) is 0. The number of carbonyl (C=O) groups is 5. The van der Waals surface area contributed by atoms with E-state index in [1.54, 1.807) is 21.9 Å². The molecule has 0 spiro atoms. The van der Waals surface area contributed by atoms with Crippen molar-refractivity contribution in [2.45, 2.75) is 20.0 Å². The Bertz CT molecular complexity index is 1130. The van der Waals surface area contributed by atoms with Crippen LogP contribution in [0.4, 0.5) is 20.6 Å². The number of ether oxygens (including phenoxy) is 1. The lowest BCUT2D eigenvalue weighted by Gasteiger charge is -2.36. The highest BCUT2D eigenvalue weighted by atomic mass is 32.1. The third-order valence-electron chi connectivity index (χ3n) is 6.31. The van der Waals surface area contributed by atoms with E-state index in [4.69, 9.17) is 10.1 Å². The fraction of sp³-hybridized carbons (Fsp3) is 0.500. The van der Waals surface area contributed by atoms with Crippen LogP contribution < -0.4 is 20.4 Å². The van der Waals surface area contributed by atoms with Gasteiger partial charge in [-0.05, 0) is 18.2 Å². The summed E-state index contributed by atoms with van der Waals surface area (Å²) in [5.41, 5.74) is 0.303. The SMILES string of the molecule is CC(=O)NC[C@H]1CN(c2ccc(N3CCN(C(=O)CNC(=O)C(CS)C(=N)C(C)=O)CC3)c(F)c2)C(=O)O1. The Hall–Kier alpha value is -3.68. The number of rotatable bonds is 10. The van der Waals surface area contributed by atoms with E-state index in [1.165, 1.54) is 24.8 Å². The fourth-order valence-electron chi connectivity index (χ4n) is 4.16. The van der Waals surface area contributed by atoms with E-state index in [-0.39, 0.29) is 42.9 Å². The molecule has 4 amide bonds. The Morgan fingerprint density at radius 1 is 1.16 bits per heavy atom. The van der Waals surface area contributed by atoms with Gasteiger partial charge in [-0.2, -0.15) is 12.6 Å². The molecule has 2 atom stereocenters. The molecule has 1 aromatic rings. The van der Waals surface area contributed by atoms with Gasteiger partial charge in [-0.1, -0.05) is 0 Å². The zero-order valence-corrected chi connectivity index (χ0v) is 22.1. The number of Topliss-reactive ketones (excluding diaryl/α,β-unsaturated/α-hetero) is 1. The number of benzene rings is 1. The van der Waals surface area contributed by atoms with Gasteiger partial charge >= 0.3 is 6.09 Å². The lowest BCUT2D eigenvalue weighted by atomic mass is 10.0. The van der Waals surface area contributed by atoms with Gasteiger partial charge in [-0.3, -0.25) is 24.1 Å². The quantitative estimate of drug-likeness (QED) is 0.240. The minimum Gasteiger partial charge on any atom is -0.442 e. The summed E-state index contributed by atoms with van der Waals surface area (Å²) >= 11 is 4.02. The summed E-state index contributed by atoms with van der Waals surface area (Å²) in [6, 6.07) is 4.43. The number of cyclic esters (lactones) is 1. The average Bonchev–Trinajstić information content (AvgIpc) is 3.26. The van der Waals surface area contributed by atoms with Crippen molar-refractivity contribution in [2.75, 3.05) is 61.4 Å². The van der Waals surface area contributed by atoms with Gasteiger partial charge in [0.05, 0.1) is 42.6 Å². The number of nitrogens with zero attached hydrogens (tertiary/aromatic N) is 3. The molecule has 2 fully saturated rings. The van der Waals surface area contributed by atoms with Crippen LogP contribution in [0, 0.1) is 17.1 Å². The number of halogens is 1. The van der Waals surface area contributed by atoms with Crippen molar-refractivity contribution in [3.63, 3.8) is 0 Å². The predicted octanol–water partition coefficient (Wildman–Crippen LogP) is 0.207. The highest BCUT2D eigenvalue weighted by Crippen LogP contribution is 2.28. The first-order valence-electron chi connectivity index (χ1n) is 12.0. The first-order chi connectivity index (χ1) is 18.0. The van der Waals surface area contributed by atoms with Crippen LogP contribution in [0.5, 0.6) is 0 Å². The van der Waals surface area contributed by atoms with Gasteiger partial charge in [0.15, 0.2) is 5.78 Å². The molecule has 3 rings (SSSR count). The molecular weight excluding hydrogens is 519 g/mol. The molecule has 2 saturated heterocycles. The van der Waals surface area contributed by atoms with Crippen LogP contribution in [0.1, 0.15) is 13.8 Å². The van der Waals surface area contributed by atoms with E-state index in [9.17, 15) is 24.0 Å². The molecule has 3 N–H and O–H groups in total.